The SMILES string of the molecule is CCNC(=NCc1coc(-c2ccc(C)cc2)n1)NC(C)c1cccc(-n2cccn2)c1. The normalized spacial score (nSPS) is 12.5. The molecular formula is C25H28N6O. The highest BCUT2D eigenvalue weighted by Gasteiger charge is 2.11. The molecule has 4 rings (SSSR count). The Morgan fingerprint density at radius 1 is 1.16 bits per heavy atom. The molecule has 0 aliphatic heterocycles. The quantitative estimate of drug-likeness (QED) is 0.331. The van der Waals surface area contributed by atoms with Gasteiger partial charge in [0.15, 0.2) is 5.96 Å². The molecule has 1 atom stereocenters. The van der Waals surface area contributed by atoms with Crippen molar-refractivity contribution in [2.45, 2.75) is 33.4 Å². The molecule has 164 valence electrons. The van der Waals surface area contributed by atoms with Crippen LogP contribution in [0.4, 0.5) is 0 Å². The van der Waals surface area contributed by atoms with Crippen LogP contribution in [0, 0.1) is 6.92 Å². The van der Waals surface area contributed by atoms with Crippen molar-refractivity contribution in [3.63, 3.8) is 0 Å². The maximum absolute atomic E-state index is 5.65. The first-order valence-electron chi connectivity index (χ1n) is 10.8. The molecule has 2 heterocycles. The van der Waals surface area contributed by atoms with E-state index in [-0.39, 0.29) is 6.04 Å². The number of hydrogen-bond acceptors (Lipinski definition) is 4. The predicted molar refractivity (Wildman–Crippen MR) is 127 cm³/mol. The van der Waals surface area contributed by atoms with Crippen molar-refractivity contribution in [1.82, 2.24) is 25.4 Å². The Labute approximate surface area is 188 Å². The molecule has 32 heavy (non-hydrogen) atoms. The molecule has 2 aromatic heterocycles. The van der Waals surface area contributed by atoms with Gasteiger partial charge in [-0.25, -0.2) is 14.7 Å². The van der Waals surface area contributed by atoms with Crippen molar-refractivity contribution in [2.75, 3.05) is 6.54 Å². The van der Waals surface area contributed by atoms with Crippen molar-refractivity contribution >= 4 is 5.96 Å². The number of nitrogens with zero attached hydrogens (tertiary/aromatic N) is 4. The number of aryl methyl sites for hydroxylation is 1. The molecule has 0 bridgehead atoms. The van der Waals surface area contributed by atoms with Crippen LogP contribution in [-0.2, 0) is 6.54 Å². The van der Waals surface area contributed by atoms with Gasteiger partial charge < -0.3 is 15.1 Å². The first kappa shape index (κ1) is 21.4. The van der Waals surface area contributed by atoms with Gasteiger partial charge in [-0.3, -0.25) is 0 Å². The highest BCUT2D eigenvalue weighted by Crippen LogP contribution is 2.20. The molecule has 0 saturated carbocycles. The summed E-state index contributed by atoms with van der Waals surface area (Å²) in [5, 5.41) is 11.1. The Hall–Kier alpha value is -3.87. The van der Waals surface area contributed by atoms with E-state index in [9.17, 15) is 0 Å². The molecule has 1 unspecified atom stereocenters. The number of hydrogen-bond donors (Lipinski definition) is 2. The smallest absolute Gasteiger partial charge is 0.226 e. The Morgan fingerprint density at radius 3 is 2.75 bits per heavy atom. The van der Waals surface area contributed by atoms with Crippen LogP contribution < -0.4 is 10.6 Å². The van der Waals surface area contributed by atoms with Crippen molar-refractivity contribution in [3.05, 3.63) is 90.1 Å². The van der Waals surface area contributed by atoms with Gasteiger partial charge in [0.1, 0.15) is 12.0 Å². The Morgan fingerprint density at radius 2 is 2.00 bits per heavy atom. The molecular weight excluding hydrogens is 400 g/mol. The maximum atomic E-state index is 5.65. The van der Waals surface area contributed by atoms with Gasteiger partial charge in [0.05, 0.1) is 18.3 Å². The van der Waals surface area contributed by atoms with E-state index in [1.165, 1.54) is 5.56 Å². The Kier molecular flexibility index (Phi) is 6.65. The lowest BCUT2D eigenvalue weighted by Crippen LogP contribution is -2.38. The van der Waals surface area contributed by atoms with E-state index in [2.05, 4.69) is 46.7 Å². The van der Waals surface area contributed by atoms with Crippen LogP contribution in [-0.4, -0.2) is 27.3 Å². The fourth-order valence-electron chi connectivity index (χ4n) is 3.33. The fraction of sp³-hybridized carbons (Fsp3) is 0.240. The summed E-state index contributed by atoms with van der Waals surface area (Å²) in [6.07, 6.45) is 5.38. The van der Waals surface area contributed by atoms with Crippen molar-refractivity contribution in [2.24, 2.45) is 4.99 Å². The third-order valence-electron chi connectivity index (χ3n) is 5.09. The fourth-order valence-corrected chi connectivity index (χ4v) is 3.33. The average molecular weight is 429 g/mol. The van der Waals surface area contributed by atoms with E-state index in [0.29, 0.717) is 12.4 Å². The Balaban J connectivity index is 1.44. The number of guanidine groups is 1. The van der Waals surface area contributed by atoms with E-state index < -0.39 is 0 Å². The van der Waals surface area contributed by atoms with Crippen LogP contribution >= 0.6 is 0 Å². The molecule has 7 nitrogen and oxygen atoms in total. The highest BCUT2D eigenvalue weighted by atomic mass is 16.3. The Bertz CT molecular complexity index is 1160. The van der Waals surface area contributed by atoms with Gasteiger partial charge >= 0.3 is 0 Å². The summed E-state index contributed by atoms with van der Waals surface area (Å²) < 4.78 is 7.51. The van der Waals surface area contributed by atoms with Gasteiger partial charge in [0, 0.05) is 24.5 Å². The maximum Gasteiger partial charge on any atom is 0.226 e. The number of aromatic nitrogens is 3. The van der Waals surface area contributed by atoms with E-state index in [4.69, 9.17) is 9.41 Å². The molecule has 0 spiro atoms. The van der Waals surface area contributed by atoms with Crippen molar-refractivity contribution in [3.8, 4) is 17.1 Å². The summed E-state index contributed by atoms with van der Waals surface area (Å²) in [5.41, 5.74) is 5.12. The van der Waals surface area contributed by atoms with Gasteiger partial charge in [-0.15, -0.1) is 0 Å². The molecule has 0 saturated heterocycles. The number of oxazole rings is 1. The van der Waals surface area contributed by atoms with E-state index in [0.717, 1.165) is 35.0 Å². The first-order chi connectivity index (χ1) is 15.6. The lowest BCUT2D eigenvalue weighted by Gasteiger charge is -2.18. The van der Waals surface area contributed by atoms with Crippen molar-refractivity contribution < 1.29 is 4.42 Å². The molecule has 0 fully saturated rings. The van der Waals surface area contributed by atoms with Crippen LogP contribution in [0.15, 0.2) is 82.7 Å². The standard InChI is InChI=1S/C25H28N6O/c1-4-26-25(27-16-22-17-32-24(30-22)20-11-9-18(2)10-12-20)29-19(3)21-7-5-8-23(15-21)31-14-6-13-28-31/h5-15,17,19H,4,16H2,1-3H3,(H2,26,27,29). The van der Waals surface area contributed by atoms with Gasteiger partial charge in [0.25, 0.3) is 0 Å². The first-order valence-corrected chi connectivity index (χ1v) is 10.8. The van der Waals surface area contributed by atoms with Gasteiger partial charge in [-0.1, -0.05) is 29.8 Å². The van der Waals surface area contributed by atoms with Crippen LogP contribution in [0.5, 0.6) is 0 Å². The summed E-state index contributed by atoms with van der Waals surface area (Å²) in [4.78, 5) is 9.28. The third-order valence-corrected chi connectivity index (χ3v) is 5.09. The number of nitrogens with one attached hydrogen (secondary N) is 2. The van der Waals surface area contributed by atoms with Crippen LogP contribution in [0.25, 0.3) is 17.1 Å². The minimum atomic E-state index is 0.0590. The summed E-state index contributed by atoms with van der Waals surface area (Å²) in [7, 11) is 0. The molecule has 7 heteroatoms. The number of benzene rings is 2. The zero-order valence-electron chi connectivity index (χ0n) is 18.6. The second-order valence-electron chi connectivity index (χ2n) is 7.62. The molecule has 0 aliphatic rings. The van der Waals surface area contributed by atoms with E-state index in [1.807, 2.05) is 60.3 Å². The lowest BCUT2D eigenvalue weighted by atomic mass is 10.1. The summed E-state index contributed by atoms with van der Waals surface area (Å²) in [6, 6.07) is 18.4. The topological polar surface area (TPSA) is 80.3 Å². The summed E-state index contributed by atoms with van der Waals surface area (Å²) >= 11 is 0. The van der Waals surface area contributed by atoms with Gasteiger partial charge in [0.2, 0.25) is 5.89 Å². The lowest BCUT2D eigenvalue weighted by molar-refractivity contribution is 0.572. The van der Waals surface area contributed by atoms with E-state index in [1.54, 1.807) is 12.5 Å². The van der Waals surface area contributed by atoms with Crippen LogP contribution in [0.1, 0.15) is 36.7 Å². The van der Waals surface area contributed by atoms with E-state index >= 15 is 0 Å². The second-order valence-corrected chi connectivity index (χ2v) is 7.62. The minimum absolute atomic E-state index is 0.0590. The van der Waals surface area contributed by atoms with Crippen LogP contribution in [0.2, 0.25) is 0 Å². The minimum Gasteiger partial charge on any atom is -0.444 e. The largest absolute Gasteiger partial charge is 0.444 e. The number of rotatable bonds is 7. The third kappa shape index (κ3) is 5.24. The molecule has 0 amide bonds. The molecule has 0 aliphatic carbocycles. The second kappa shape index (κ2) is 9.96. The summed E-state index contributed by atoms with van der Waals surface area (Å²) in [6.45, 7) is 7.40. The average Bonchev–Trinajstić information content (AvgIpc) is 3.51. The molecule has 2 aromatic carbocycles. The number of aliphatic imine (C=N–C) groups is 1. The molecule has 2 N–H and O–H groups in total. The van der Waals surface area contributed by atoms with Crippen molar-refractivity contribution in [1.29, 1.82) is 0 Å². The molecule has 4 aromatic rings. The monoisotopic (exact) mass is 428 g/mol. The predicted octanol–water partition coefficient (Wildman–Crippen LogP) is 4.65. The summed E-state index contributed by atoms with van der Waals surface area (Å²) in [5.74, 6) is 1.33. The highest BCUT2D eigenvalue weighted by molar-refractivity contribution is 5.80. The van der Waals surface area contributed by atoms with Gasteiger partial charge in [-0.2, -0.15) is 5.10 Å². The molecule has 0 radical (unpaired) electrons. The van der Waals surface area contributed by atoms with Crippen LogP contribution in [0.3, 0.4) is 0 Å². The zero-order valence-corrected chi connectivity index (χ0v) is 18.6. The zero-order chi connectivity index (χ0) is 22.3. The van der Waals surface area contributed by atoms with Gasteiger partial charge in [-0.05, 0) is 56.7 Å².